The average molecular weight is 218 g/mol. The Balaban J connectivity index is 2.98. The summed E-state index contributed by atoms with van der Waals surface area (Å²) in [6.07, 6.45) is 3.10. The van der Waals surface area contributed by atoms with Gasteiger partial charge in [0.05, 0.1) is 12.2 Å². The standard InChI is InChI=1S/C14H18O2/c1-3-7-13(15)11-9-5-6-10-12(11)14(16)8-4-2/h3-6,9-10,13-16H,1-2,7-8H2/t13-,14-/m0/s1. The van der Waals surface area contributed by atoms with Gasteiger partial charge in [-0.3, -0.25) is 0 Å². The third-order valence-corrected chi connectivity index (χ3v) is 2.49. The molecule has 2 nitrogen and oxygen atoms in total. The minimum Gasteiger partial charge on any atom is -0.388 e. The van der Waals surface area contributed by atoms with Crippen molar-refractivity contribution in [1.29, 1.82) is 0 Å². The predicted molar refractivity (Wildman–Crippen MR) is 66.0 cm³/mol. The van der Waals surface area contributed by atoms with E-state index >= 15 is 0 Å². The summed E-state index contributed by atoms with van der Waals surface area (Å²) in [4.78, 5) is 0. The summed E-state index contributed by atoms with van der Waals surface area (Å²) in [5.41, 5.74) is 1.52. The Kier molecular flexibility index (Phi) is 4.96. The Morgan fingerprint density at radius 1 is 0.938 bits per heavy atom. The lowest BCUT2D eigenvalue weighted by molar-refractivity contribution is 0.157. The lowest BCUT2D eigenvalue weighted by atomic mass is 9.95. The summed E-state index contributed by atoms with van der Waals surface area (Å²) in [7, 11) is 0. The number of benzene rings is 1. The molecule has 0 saturated heterocycles. The van der Waals surface area contributed by atoms with Crippen LogP contribution >= 0.6 is 0 Å². The average Bonchev–Trinajstić information content (AvgIpc) is 2.30. The van der Waals surface area contributed by atoms with E-state index in [9.17, 15) is 10.2 Å². The van der Waals surface area contributed by atoms with Crippen LogP contribution in [0.3, 0.4) is 0 Å². The van der Waals surface area contributed by atoms with Gasteiger partial charge in [0, 0.05) is 0 Å². The van der Waals surface area contributed by atoms with E-state index in [-0.39, 0.29) is 0 Å². The van der Waals surface area contributed by atoms with Crippen LogP contribution in [0.5, 0.6) is 0 Å². The molecule has 86 valence electrons. The van der Waals surface area contributed by atoms with Crippen LogP contribution in [0.25, 0.3) is 0 Å². The SMILES string of the molecule is C=CC[C@H](O)c1ccccc1[C@@H](O)CC=C. The van der Waals surface area contributed by atoms with Crippen molar-refractivity contribution in [3.8, 4) is 0 Å². The third-order valence-electron chi connectivity index (χ3n) is 2.49. The Morgan fingerprint density at radius 3 is 1.62 bits per heavy atom. The topological polar surface area (TPSA) is 40.5 Å². The Bertz CT molecular complexity index is 323. The molecule has 1 aromatic rings. The number of rotatable bonds is 6. The zero-order valence-electron chi connectivity index (χ0n) is 9.34. The zero-order chi connectivity index (χ0) is 12.0. The largest absolute Gasteiger partial charge is 0.388 e. The minimum atomic E-state index is -0.604. The molecule has 1 aromatic carbocycles. The van der Waals surface area contributed by atoms with Crippen molar-refractivity contribution in [2.45, 2.75) is 25.0 Å². The second-order valence-corrected chi connectivity index (χ2v) is 3.71. The van der Waals surface area contributed by atoms with Crippen molar-refractivity contribution < 1.29 is 10.2 Å². The molecular formula is C14H18O2. The Labute approximate surface area is 96.6 Å². The third kappa shape index (κ3) is 3.05. The number of aliphatic hydroxyl groups is 2. The van der Waals surface area contributed by atoms with Gasteiger partial charge in [-0.05, 0) is 24.0 Å². The van der Waals surface area contributed by atoms with E-state index in [2.05, 4.69) is 13.2 Å². The second-order valence-electron chi connectivity index (χ2n) is 3.71. The van der Waals surface area contributed by atoms with Gasteiger partial charge in [0.2, 0.25) is 0 Å². The fraction of sp³-hybridized carbons (Fsp3) is 0.286. The molecule has 1 rings (SSSR count). The van der Waals surface area contributed by atoms with Gasteiger partial charge < -0.3 is 10.2 Å². The van der Waals surface area contributed by atoms with E-state index in [4.69, 9.17) is 0 Å². The molecule has 0 spiro atoms. The molecule has 0 fully saturated rings. The Hall–Kier alpha value is -1.38. The van der Waals surface area contributed by atoms with Crippen LogP contribution < -0.4 is 0 Å². The van der Waals surface area contributed by atoms with E-state index in [0.29, 0.717) is 12.8 Å². The van der Waals surface area contributed by atoms with Gasteiger partial charge in [0.25, 0.3) is 0 Å². The molecule has 2 N–H and O–H groups in total. The first-order valence-electron chi connectivity index (χ1n) is 5.37. The van der Waals surface area contributed by atoms with Gasteiger partial charge in [-0.15, -0.1) is 13.2 Å². The first-order chi connectivity index (χ1) is 7.70. The second kappa shape index (κ2) is 6.26. The Morgan fingerprint density at radius 2 is 1.31 bits per heavy atom. The molecule has 0 heterocycles. The summed E-state index contributed by atoms with van der Waals surface area (Å²) < 4.78 is 0. The highest BCUT2D eigenvalue weighted by Crippen LogP contribution is 2.27. The van der Waals surface area contributed by atoms with Crippen LogP contribution in [0.1, 0.15) is 36.2 Å². The minimum absolute atomic E-state index is 0.484. The van der Waals surface area contributed by atoms with Crippen molar-refractivity contribution in [3.63, 3.8) is 0 Å². The van der Waals surface area contributed by atoms with E-state index in [1.54, 1.807) is 12.2 Å². The molecule has 0 radical (unpaired) electrons. The quantitative estimate of drug-likeness (QED) is 0.721. The molecule has 2 heteroatoms. The van der Waals surface area contributed by atoms with Crippen LogP contribution in [-0.4, -0.2) is 10.2 Å². The fourth-order valence-electron chi connectivity index (χ4n) is 1.69. The van der Waals surface area contributed by atoms with Gasteiger partial charge >= 0.3 is 0 Å². The molecule has 0 aliphatic rings. The van der Waals surface area contributed by atoms with Crippen LogP contribution in [0.15, 0.2) is 49.6 Å². The molecule has 0 saturated carbocycles. The van der Waals surface area contributed by atoms with Gasteiger partial charge in [0.1, 0.15) is 0 Å². The highest BCUT2D eigenvalue weighted by molar-refractivity contribution is 5.31. The maximum Gasteiger partial charge on any atom is 0.0827 e. The molecule has 0 aromatic heterocycles. The summed E-state index contributed by atoms with van der Waals surface area (Å²) in [5, 5.41) is 19.8. The van der Waals surface area contributed by atoms with E-state index in [1.165, 1.54) is 0 Å². The lowest BCUT2D eigenvalue weighted by Gasteiger charge is -2.17. The molecular weight excluding hydrogens is 200 g/mol. The van der Waals surface area contributed by atoms with Crippen LogP contribution in [0.2, 0.25) is 0 Å². The van der Waals surface area contributed by atoms with Crippen molar-refractivity contribution >= 4 is 0 Å². The maximum atomic E-state index is 9.91. The molecule has 0 unspecified atom stereocenters. The van der Waals surface area contributed by atoms with Crippen molar-refractivity contribution in [3.05, 3.63) is 60.7 Å². The highest BCUT2D eigenvalue weighted by atomic mass is 16.3. The molecule has 0 aliphatic heterocycles. The predicted octanol–water partition coefficient (Wildman–Crippen LogP) is 2.91. The molecule has 0 aliphatic carbocycles. The summed E-state index contributed by atoms with van der Waals surface area (Å²) in [6, 6.07) is 7.36. The van der Waals surface area contributed by atoms with Crippen molar-refractivity contribution in [2.24, 2.45) is 0 Å². The van der Waals surface area contributed by atoms with Crippen LogP contribution in [0.4, 0.5) is 0 Å². The normalized spacial score (nSPS) is 14.1. The smallest absolute Gasteiger partial charge is 0.0827 e. The van der Waals surface area contributed by atoms with Crippen LogP contribution in [0, 0.1) is 0 Å². The van der Waals surface area contributed by atoms with Gasteiger partial charge in [0.15, 0.2) is 0 Å². The van der Waals surface area contributed by atoms with E-state index in [0.717, 1.165) is 11.1 Å². The molecule has 2 atom stereocenters. The first kappa shape index (κ1) is 12.7. The fourth-order valence-corrected chi connectivity index (χ4v) is 1.69. The highest BCUT2D eigenvalue weighted by Gasteiger charge is 2.15. The number of hydrogen-bond acceptors (Lipinski definition) is 2. The van der Waals surface area contributed by atoms with Crippen LogP contribution in [-0.2, 0) is 0 Å². The molecule has 0 amide bonds. The number of hydrogen-bond donors (Lipinski definition) is 2. The lowest BCUT2D eigenvalue weighted by Crippen LogP contribution is -2.05. The summed E-state index contributed by atoms with van der Waals surface area (Å²) in [5.74, 6) is 0. The van der Waals surface area contributed by atoms with E-state index in [1.807, 2.05) is 24.3 Å². The van der Waals surface area contributed by atoms with Gasteiger partial charge in [-0.1, -0.05) is 36.4 Å². The zero-order valence-corrected chi connectivity index (χ0v) is 9.34. The number of aliphatic hydroxyl groups excluding tert-OH is 2. The molecule has 16 heavy (non-hydrogen) atoms. The van der Waals surface area contributed by atoms with Crippen molar-refractivity contribution in [1.82, 2.24) is 0 Å². The van der Waals surface area contributed by atoms with E-state index < -0.39 is 12.2 Å². The monoisotopic (exact) mass is 218 g/mol. The van der Waals surface area contributed by atoms with Gasteiger partial charge in [-0.25, -0.2) is 0 Å². The van der Waals surface area contributed by atoms with Gasteiger partial charge in [-0.2, -0.15) is 0 Å². The molecule has 0 bridgehead atoms. The maximum absolute atomic E-state index is 9.91. The first-order valence-corrected chi connectivity index (χ1v) is 5.37. The van der Waals surface area contributed by atoms with Crippen molar-refractivity contribution in [2.75, 3.05) is 0 Å². The summed E-state index contributed by atoms with van der Waals surface area (Å²) >= 11 is 0. The summed E-state index contributed by atoms with van der Waals surface area (Å²) in [6.45, 7) is 7.20.